The molecule has 18 heavy (non-hydrogen) atoms. The maximum absolute atomic E-state index is 11.0. The molecule has 1 atom stereocenters. The number of rotatable bonds is 2. The summed E-state index contributed by atoms with van der Waals surface area (Å²) in [4.78, 5) is 11.0. The Morgan fingerprint density at radius 3 is 2.22 bits per heavy atom. The molecule has 0 fully saturated rings. The molecule has 0 aliphatic rings. The minimum absolute atomic E-state index is 0. The maximum atomic E-state index is 11.0. The summed E-state index contributed by atoms with van der Waals surface area (Å²) in [7, 11) is 0. The van der Waals surface area contributed by atoms with Gasteiger partial charge in [0.15, 0.2) is 0 Å². The second-order valence-corrected chi connectivity index (χ2v) is 5.40. The fourth-order valence-corrected chi connectivity index (χ4v) is 1.67. The predicted molar refractivity (Wildman–Crippen MR) is 73.4 cm³/mol. The molecule has 0 radical (unpaired) electrons. The van der Waals surface area contributed by atoms with Crippen LogP contribution in [0.4, 0.5) is 0 Å². The van der Waals surface area contributed by atoms with Gasteiger partial charge in [-0.3, -0.25) is 0 Å². The summed E-state index contributed by atoms with van der Waals surface area (Å²) in [6.45, 7) is 7.62. The first-order valence-electron chi connectivity index (χ1n) is 5.47. The average molecular weight is 274 g/mol. The molecule has 0 spiro atoms. The van der Waals surface area contributed by atoms with E-state index in [1.165, 1.54) is 6.07 Å². The highest BCUT2D eigenvalue weighted by Gasteiger charge is 2.27. The number of carbonyl (C=O) groups is 1. The van der Waals surface area contributed by atoms with Crippen LogP contribution in [0.3, 0.4) is 0 Å². The first-order chi connectivity index (χ1) is 7.64. The number of aromatic carboxylic acids is 1. The van der Waals surface area contributed by atoms with Gasteiger partial charge in [-0.05, 0) is 24.0 Å². The lowest BCUT2D eigenvalue weighted by Gasteiger charge is -2.28. The van der Waals surface area contributed by atoms with Gasteiger partial charge in [0.25, 0.3) is 0 Å². The second kappa shape index (κ2) is 5.59. The second-order valence-electron chi connectivity index (χ2n) is 5.40. The van der Waals surface area contributed by atoms with Crippen LogP contribution in [0.15, 0.2) is 12.1 Å². The molecule has 0 unspecified atom stereocenters. The largest absolute Gasteiger partial charge is 0.507 e. The summed E-state index contributed by atoms with van der Waals surface area (Å²) in [5.74, 6) is -1.38. The van der Waals surface area contributed by atoms with Gasteiger partial charge in [0.2, 0.25) is 0 Å². The Balaban J connectivity index is 0.00000289. The summed E-state index contributed by atoms with van der Waals surface area (Å²) < 4.78 is 0. The normalized spacial score (nSPS) is 12.7. The molecule has 0 bridgehead atoms. The van der Waals surface area contributed by atoms with Crippen molar-refractivity contribution in [3.05, 3.63) is 28.8 Å². The zero-order chi connectivity index (χ0) is 13.4. The number of benzene rings is 1. The van der Waals surface area contributed by atoms with Gasteiger partial charge in [-0.2, -0.15) is 0 Å². The number of aromatic hydroxyl groups is 1. The quantitative estimate of drug-likeness (QED) is 0.774. The summed E-state index contributed by atoms with van der Waals surface area (Å²) >= 11 is 0. The van der Waals surface area contributed by atoms with Crippen LogP contribution in [0.5, 0.6) is 5.75 Å². The van der Waals surface area contributed by atoms with Crippen LogP contribution >= 0.6 is 12.4 Å². The smallest absolute Gasteiger partial charge is 0.339 e. The van der Waals surface area contributed by atoms with Gasteiger partial charge in [-0.15, -0.1) is 12.4 Å². The van der Waals surface area contributed by atoms with Crippen LogP contribution in [-0.4, -0.2) is 16.2 Å². The Morgan fingerprint density at radius 1 is 1.33 bits per heavy atom. The van der Waals surface area contributed by atoms with Crippen molar-refractivity contribution in [2.45, 2.75) is 33.7 Å². The van der Waals surface area contributed by atoms with Crippen molar-refractivity contribution in [1.29, 1.82) is 0 Å². The van der Waals surface area contributed by atoms with Crippen LogP contribution in [-0.2, 0) is 0 Å². The zero-order valence-corrected chi connectivity index (χ0v) is 11.8. The Kier molecular flexibility index (Phi) is 5.20. The number of phenols is 1. The number of nitrogens with two attached hydrogens (primary N) is 1. The van der Waals surface area contributed by atoms with E-state index in [1.54, 1.807) is 13.0 Å². The zero-order valence-electron chi connectivity index (χ0n) is 11.0. The SMILES string of the molecule is Cc1cc(C(=O)O)c(O)c([C@@H](N)C(C)(C)C)c1.Cl. The van der Waals surface area contributed by atoms with Crippen molar-refractivity contribution in [2.24, 2.45) is 11.1 Å². The number of carboxylic acid groups (broad SMARTS) is 1. The first-order valence-corrected chi connectivity index (χ1v) is 5.47. The highest BCUT2D eigenvalue weighted by atomic mass is 35.5. The predicted octanol–water partition coefficient (Wildman–Crippen LogP) is 2.87. The number of aryl methyl sites for hydroxylation is 1. The van der Waals surface area contributed by atoms with Crippen LogP contribution in [0.2, 0.25) is 0 Å². The summed E-state index contributed by atoms with van der Waals surface area (Å²) in [5, 5.41) is 19.0. The van der Waals surface area contributed by atoms with Crippen molar-refractivity contribution >= 4 is 18.4 Å². The number of carboxylic acids is 1. The average Bonchev–Trinajstić information content (AvgIpc) is 2.18. The molecule has 0 aliphatic heterocycles. The molecule has 1 aromatic rings. The molecule has 1 aromatic carbocycles. The van der Waals surface area contributed by atoms with E-state index in [4.69, 9.17) is 10.8 Å². The number of hydrogen-bond donors (Lipinski definition) is 3. The van der Waals surface area contributed by atoms with Crippen LogP contribution < -0.4 is 5.73 Å². The molecule has 0 aromatic heterocycles. The van der Waals surface area contributed by atoms with Crippen molar-refractivity contribution in [1.82, 2.24) is 0 Å². The third kappa shape index (κ3) is 3.37. The summed E-state index contributed by atoms with van der Waals surface area (Å²) in [5.41, 5.74) is 6.97. The molecular formula is C13H20ClNO3. The fourth-order valence-electron chi connectivity index (χ4n) is 1.67. The number of hydrogen-bond acceptors (Lipinski definition) is 3. The number of halogens is 1. The molecule has 1 rings (SSSR count). The lowest BCUT2D eigenvalue weighted by molar-refractivity contribution is 0.0693. The van der Waals surface area contributed by atoms with E-state index in [0.717, 1.165) is 5.56 Å². The van der Waals surface area contributed by atoms with Gasteiger partial charge < -0.3 is 15.9 Å². The molecule has 5 heteroatoms. The van der Waals surface area contributed by atoms with Crippen LogP contribution in [0.1, 0.15) is 48.3 Å². The maximum Gasteiger partial charge on any atom is 0.339 e. The van der Waals surface area contributed by atoms with Gasteiger partial charge in [0.05, 0.1) is 0 Å². The Hall–Kier alpha value is -1.26. The first kappa shape index (κ1) is 16.7. The minimum atomic E-state index is -1.14. The van der Waals surface area contributed by atoms with Gasteiger partial charge in [-0.1, -0.05) is 26.8 Å². The van der Waals surface area contributed by atoms with E-state index in [-0.39, 0.29) is 29.1 Å². The van der Waals surface area contributed by atoms with E-state index in [0.29, 0.717) is 5.56 Å². The van der Waals surface area contributed by atoms with Gasteiger partial charge in [0, 0.05) is 11.6 Å². The monoisotopic (exact) mass is 273 g/mol. The molecule has 102 valence electrons. The highest BCUT2D eigenvalue weighted by molar-refractivity contribution is 5.91. The fraction of sp³-hybridized carbons (Fsp3) is 0.462. The molecule has 0 amide bonds. The Labute approximate surface area is 113 Å². The topological polar surface area (TPSA) is 83.5 Å². The van der Waals surface area contributed by atoms with Crippen LogP contribution in [0.25, 0.3) is 0 Å². The van der Waals surface area contributed by atoms with Gasteiger partial charge in [0.1, 0.15) is 11.3 Å². The third-order valence-electron chi connectivity index (χ3n) is 2.78. The lowest BCUT2D eigenvalue weighted by atomic mass is 9.81. The summed E-state index contributed by atoms with van der Waals surface area (Å²) in [6.07, 6.45) is 0. The standard InChI is InChI=1S/C13H19NO3.ClH/c1-7-5-8(11(14)13(2,3)4)10(15)9(6-7)12(16)17;/h5-6,11,15H,14H2,1-4H3,(H,16,17);1H/t11-;/m1./s1. The lowest BCUT2D eigenvalue weighted by Crippen LogP contribution is -2.26. The van der Waals surface area contributed by atoms with E-state index in [9.17, 15) is 9.90 Å². The van der Waals surface area contributed by atoms with Crippen molar-refractivity contribution in [3.8, 4) is 5.75 Å². The summed E-state index contributed by atoms with van der Waals surface area (Å²) in [6, 6.07) is 2.76. The van der Waals surface area contributed by atoms with E-state index < -0.39 is 12.0 Å². The molecule has 0 saturated carbocycles. The van der Waals surface area contributed by atoms with Gasteiger partial charge >= 0.3 is 5.97 Å². The molecule has 0 aliphatic carbocycles. The molecule has 0 saturated heterocycles. The van der Waals surface area contributed by atoms with Crippen molar-refractivity contribution in [2.75, 3.05) is 0 Å². The molecule has 4 N–H and O–H groups in total. The molecular weight excluding hydrogens is 254 g/mol. The molecule has 4 nitrogen and oxygen atoms in total. The minimum Gasteiger partial charge on any atom is -0.507 e. The Morgan fingerprint density at radius 2 is 1.83 bits per heavy atom. The molecule has 0 heterocycles. The highest BCUT2D eigenvalue weighted by Crippen LogP contribution is 2.37. The van der Waals surface area contributed by atoms with Gasteiger partial charge in [-0.25, -0.2) is 4.79 Å². The van der Waals surface area contributed by atoms with E-state index in [2.05, 4.69) is 0 Å². The third-order valence-corrected chi connectivity index (χ3v) is 2.78. The Bertz CT molecular complexity index is 452. The van der Waals surface area contributed by atoms with E-state index >= 15 is 0 Å². The van der Waals surface area contributed by atoms with E-state index in [1.807, 2.05) is 20.8 Å². The van der Waals surface area contributed by atoms with Crippen molar-refractivity contribution in [3.63, 3.8) is 0 Å². The van der Waals surface area contributed by atoms with Crippen LogP contribution in [0, 0.1) is 12.3 Å². The van der Waals surface area contributed by atoms with Crippen molar-refractivity contribution < 1.29 is 15.0 Å².